The van der Waals surface area contributed by atoms with Gasteiger partial charge in [-0.05, 0) is 72.0 Å². The number of carbonyl (C=O) groups is 1. The minimum atomic E-state index is -4.47. The van der Waals surface area contributed by atoms with Crippen molar-refractivity contribution in [1.82, 2.24) is 10.5 Å². The highest BCUT2D eigenvalue weighted by atomic mass is 19.4. The smallest absolute Gasteiger partial charge is 0.370 e. The van der Waals surface area contributed by atoms with Crippen molar-refractivity contribution in [3.05, 3.63) is 66.5 Å². The Morgan fingerprint density at radius 1 is 1.03 bits per heavy atom. The summed E-state index contributed by atoms with van der Waals surface area (Å²) in [7, 11) is 0. The van der Waals surface area contributed by atoms with E-state index in [1.165, 1.54) is 0 Å². The van der Waals surface area contributed by atoms with Crippen molar-refractivity contribution < 1.29 is 28.3 Å². The molecule has 1 unspecified atom stereocenters. The first-order valence-electron chi connectivity index (χ1n) is 12.6. The summed E-state index contributed by atoms with van der Waals surface area (Å²) in [6.07, 6.45) is 0.331. The standard InChI is InChI=1S/C28H31F3N4O3/c29-28(30,31)25-13-10-22(18-33-25)27(37)35(16-4-2-1-3-5-26(36)34-38)23-11-8-19(9-12-23)21-7-6-20-14-15-32-24(20)17-21/h6-9,11-12,14-15,17-18,27,32,37-38H,1-5,10,13,16H2,(H,34,36). The van der Waals surface area contributed by atoms with Crippen molar-refractivity contribution in [2.75, 3.05) is 11.4 Å². The number of amides is 1. The van der Waals surface area contributed by atoms with Crippen molar-refractivity contribution in [1.29, 1.82) is 0 Å². The van der Waals surface area contributed by atoms with Gasteiger partial charge in [-0.1, -0.05) is 37.1 Å². The SMILES string of the molecule is O=C(CCCCCCN(c1ccc(-c2ccc3cc[nH]c3c2)cc1)C(O)C1=CN=C(C(F)(F)F)CC1)NO. The topological polar surface area (TPSA) is 101 Å². The van der Waals surface area contributed by atoms with E-state index in [9.17, 15) is 23.1 Å². The Morgan fingerprint density at radius 3 is 2.45 bits per heavy atom. The molecule has 1 aliphatic heterocycles. The van der Waals surface area contributed by atoms with Gasteiger partial charge in [-0.15, -0.1) is 0 Å². The number of hydrogen-bond acceptors (Lipinski definition) is 5. The van der Waals surface area contributed by atoms with Gasteiger partial charge >= 0.3 is 6.18 Å². The molecule has 0 spiro atoms. The summed E-state index contributed by atoms with van der Waals surface area (Å²) in [5.41, 5.74) is 5.01. The molecule has 1 aromatic heterocycles. The number of rotatable bonds is 11. The second-order valence-electron chi connectivity index (χ2n) is 9.37. The number of nitrogens with zero attached hydrogens (tertiary/aromatic N) is 2. The molecule has 1 aliphatic rings. The lowest BCUT2D eigenvalue weighted by Crippen LogP contribution is -2.38. The summed E-state index contributed by atoms with van der Waals surface area (Å²) >= 11 is 0. The number of benzene rings is 2. The van der Waals surface area contributed by atoms with Crippen molar-refractivity contribution in [2.24, 2.45) is 4.99 Å². The lowest BCUT2D eigenvalue weighted by atomic mass is 10.0. The monoisotopic (exact) mass is 528 g/mol. The number of aliphatic hydroxyl groups is 1. The maximum atomic E-state index is 13.0. The van der Waals surface area contributed by atoms with E-state index in [0.29, 0.717) is 25.0 Å². The number of carbonyl (C=O) groups excluding carboxylic acids is 1. The van der Waals surface area contributed by atoms with E-state index in [4.69, 9.17) is 5.21 Å². The summed E-state index contributed by atoms with van der Waals surface area (Å²) in [6, 6.07) is 15.9. The Morgan fingerprint density at radius 2 is 1.76 bits per heavy atom. The number of hydrogen-bond donors (Lipinski definition) is 4. The summed E-state index contributed by atoms with van der Waals surface area (Å²) in [5.74, 6) is -0.430. The van der Waals surface area contributed by atoms with Gasteiger partial charge in [0.2, 0.25) is 5.91 Å². The molecule has 0 saturated carbocycles. The van der Waals surface area contributed by atoms with Crippen LogP contribution in [0, 0.1) is 0 Å². The first kappa shape index (κ1) is 27.4. The van der Waals surface area contributed by atoms with Crippen LogP contribution in [0.5, 0.6) is 0 Å². The number of aliphatic hydroxyl groups excluding tert-OH is 1. The number of H-pyrrole nitrogens is 1. The number of aromatic nitrogens is 1. The Bertz CT molecular complexity index is 1300. The quantitative estimate of drug-likeness (QED) is 0.105. The lowest BCUT2D eigenvalue weighted by molar-refractivity contribution is -0.129. The number of aliphatic imine (C=N–C) groups is 1. The van der Waals surface area contributed by atoms with Crippen LogP contribution < -0.4 is 10.4 Å². The number of nitrogens with one attached hydrogen (secondary N) is 2. The molecule has 0 aliphatic carbocycles. The predicted octanol–water partition coefficient (Wildman–Crippen LogP) is 6.10. The highest BCUT2D eigenvalue weighted by molar-refractivity contribution is 5.91. The first-order valence-corrected chi connectivity index (χ1v) is 12.6. The third-order valence-electron chi connectivity index (χ3n) is 6.76. The molecule has 3 aromatic rings. The van der Waals surface area contributed by atoms with Crippen LogP contribution in [0.15, 0.2) is 71.5 Å². The third-order valence-corrected chi connectivity index (χ3v) is 6.76. The van der Waals surface area contributed by atoms with Crippen molar-refractivity contribution >= 4 is 28.2 Å². The van der Waals surface area contributed by atoms with Gasteiger partial charge in [-0.25, -0.2) is 5.48 Å². The van der Waals surface area contributed by atoms with Crippen LogP contribution in [-0.4, -0.2) is 45.9 Å². The number of fused-ring (bicyclic) bond motifs is 1. The van der Waals surface area contributed by atoms with E-state index < -0.39 is 24.0 Å². The number of hydroxylamine groups is 1. The maximum absolute atomic E-state index is 13.0. The highest BCUT2D eigenvalue weighted by Crippen LogP contribution is 2.31. The molecular formula is C28H31F3N4O3. The molecule has 0 radical (unpaired) electrons. The average Bonchev–Trinajstić information content (AvgIpc) is 3.40. The van der Waals surface area contributed by atoms with E-state index in [1.54, 1.807) is 10.4 Å². The molecule has 4 N–H and O–H groups in total. The van der Waals surface area contributed by atoms with E-state index >= 15 is 0 Å². The fourth-order valence-electron chi connectivity index (χ4n) is 4.61. The third kappa shape index (κ3) is 6.81. The van der Waals surface area contributed by atoms with Crippen LogP contribution in [0.25, 0.3) is 22.0 Å². The molecule has 38 heavy (non-hydrogen) atoms. The Labute approximate surface area is 218 Å². The van der Waals surface area contributed by atoms with E-state index in [0.717, 1.165) is 46.8 Å². The molecule has 4 rings (SSSR count). The zero-order valence-electron chi connectivity index (χ0n) is 20.8. The summed E-state index contributed by atoms with van der Waals surface area (Å²) < 4.78 is 39.0. The van der Waals surface area contributed by atoms with Crippen LogP contribution in [0.4, 0.5) is 18.9 Å². The summed E-state index contributed by atoms with van der Waals surface area (Å²) in [4.78, 5) is 19.7. The predicted molar refractivity (Wildman–Crippen MR) is 141 cm³/mol. The largest absolute Gasteiger partial charge is 0.429 e. The Kier molecular flexibility index (Phi) is 8.85. The molecule has 10 heteroatoms. The zero-order chi connectivity index (χ0) is 27.1. The van der Waals surface area contributed by atoms with Gasteiger partial charge in [0.05, 0.1) is 0 Å². The van der Waals surface area contributed by atoms with Gasteiger partial charge in [0, 0.05) is 36.6 Å². The Hall–Kier alpha value is -3.63. The van der Waals surface area contributed by atoms with Crippen LogP contribution >= 0.6 is 0 Å². The lowest BCUT2D eigenvalue weighted by Gasteiger charge is -2.33. The molecular weight excluding hydrogens is 497 g/mol. The molecule has 202 valence electrons. The molecule has 0 saturated heterocycles. The van der Waals surface area contributed by atoms with Gasteiger partial charge in [0.25, 0.3) is 0 Å². The normalized spacial score (nSPS) is 14.7. The van der Waals surface area contributed by atoms with Crippen molar-refractivity contribution in [2.45, 2.75) is 57.3 Å². The zero-order valence-corrected chi connectivity index (χ0v) is 20.8. The number of aromatic amines is 1. The molecule has 7 nitrogen and oxygen atoms in total. The molecule has 2 heterocycles. The number of alkyl halides is 3. The minimum Gasteiger partial charge on any atom is -0.370 e. The minimum absolute atomic E-state index is 0.0700. The molecule has 2 aromatic carbocycles. The van der Waals surface area contributed by atoms with Crippen molar-refractivity contribution in [3.63, 3.8) is 0 Å². The van der Waals surface area contributed by atoms with Crippen LogP contribution in [-0.2, 0) is 4.79 Å². The van der Waals surface area contributed by atoms with Gasteiger partial charge < -0.3 is 15.0 Å². The second kappa shape index (κ2) is 12.3. The molecule has 0 bridgehead atoms. The fraction of sp³-hybridized carbons (Fsp3) is 0.357. The van der Waals surface area contributed by atoms with Crippen LogP contribution in [0.2, 0.25) is 0 Å². The van der Waals surface area contributed by atoms with Crippen molar-refractivity contribution in [3.8, 4) is 11.1 Å². The van der Waals surface area contributed by atoms with Gasteiger partial charge in [0.15, 0.2) is 6.23 Å². The van der Waals surface area contributed by atoms with Gasteiger partial charge in [-0.2, -0.15) is 13.2 Å². The highest BCUT2D eigenvalue weighted by Gasteiger charge is 2.37. The van der Waals surface area contributed by atoms with Crippen LogP contribution in [0.3, 0.4) is 0 Å². The summed E-state index contributed by atoms with van der Waals surface area (Å²) in [5, 5.41) is 20.9. The number of anilines is 1. The number of halogens is 3. The fourth-order valence-corrected chi connectivity index (χ4v) is 4.61. The Balaban J connectivity index is 1.49. The van der Waals surface area contributed by atoms with Gasteiger partial charge in [-0.3, -0.25) is 15.0 Å². The molecule has 1 amide bonds. The first-order chi connectivity index (χ1) is 18.3. The molecule has 0 fully saturated rings. The number of unbranched alkanes of at least 4 members (excludes halogenated alkanes) is 3. The van der Waals surface area contributed by atoms with Gasteiger partial charge in [0.1, 0.15) is 5.71 Å². The van der Waals surface area contributed by atoms with Crippen LogP contribution in [0.1, 0.15) is 44.9 Å². The van der Waals surface area contributed by atoms with E-state index in [1.807, 2.05) is 48.7 Å². The second-order valence-corrected chi connectivity index (χ2v) is 9.37. The maximum Gasteiger partial charge on any atom is 0.429 e. The van der Waals surface area contributed by atoms with E-state index in [2.05, 4.69) is 16.0 Å². The molecule has 1 atom stereocenters. The average molecular weight is 529 g/mol. The summed E-state index contributed by atoms with van der Waals surface area (Å²) in [6.45, 7) is 0.467. The van der Waals surface area contributed by atoms with E-state index in [-0.39, 0.29) is 19.3 Å².